The van der Waals surface area contributed by atoms with Crippen LogP contribution in [0, 0.1) is 0 Å². The molecule has 0 fully saturated rings. The smallest absolute Gasteiger partial charge is 0.261 e. The monoisotopic (exact) mass is 406 g/mol. The second-order valence-corrected chi connectivity index (χ2v) is 6.93. The molecule has 3 aromatic carbocycles. The van der Waals surface area contributed by atoms with Crippen molar-refractivity contribution in [3.8, 4) is 11.5 Å². The van der Waals surface area contributed by atoms with E-state index in [1.807, 2.05) is 66.7 Å². The fraction of sp³-hybridized carbons (Fsp3) is 0.250. The summed E-state index contributed by atoms with van der Waals surface area (Å²) in [6.45, 7) is 1.83. The Morgan fingerprint density at radius 2 is 1.70 bits per heavy atom. The summed E-state index contributed by atoms with van der Waals surface area (Å²) in [5, 5.41) is 4.59. The summed E-state index contributed by atoms with van der Waals surface area (Å²) >= 11 is 0. The third kappa shape index (κ3) is 4.89. The number of rotatable bonds is 8. The van der Waals surface area contributed by atoms with Gasteiger partial charge in [0.25, 0.3) is 5.91 Å². The first kappa shape index (κ1) is 21.2. The van der Waals surface area contributed by atoms with Crippen molar-refractivity contribution in [1.82, 2.24) is 10.2 Å². The highest BCUT2D eigenvalue weighted by Crippen LogP contribution is 2.25. The number of carbonyl (C=O) groups is 2. The average Bonchev–Trinajstić information content (AvgIpc) is 2.80. The molecule has 0 heterocycles. The minimum absolute atomic E-state index is 0.161. The van der Waals surface area contributed by atoms with E-state index in [0.717, 1.165) is 22.1 Å². The van der Waals surface area contributed by atoms with Crippen LogP contribution in [-0.4, -0.2) is 43.5 Å². The van der Waals surface area contributed by atoms with Crippen molar-refractivity contribution in [2.75, 3.05) is 20.8 Å². The molecule has 3 rings (SSSR count). The number of fused-ring (bicyclic) bond motifs is 1. The molecule has 2 amide bonds. The van der Waals surface area contributed by atoms with Crippen molar-refractivity contribution < 1.29 is 19.1 Å². The van der Waals surface area contributed by atoms with Crippen molar-refractivity contribution >= 4 is 22.6 Å². The van der Waals surface area contributed by atoms with Crippen LogP contribution in [0.5, 0.6) is 11.5 Å². The summed E-state index contributed by atoms with van der Waals surface area (Å²) in [5.74, 6) is 0.866. The first-order valence-electron chi connectivity index (χ1n) is 9.78. The van der Waals surface area contributed by atoms with E-state index in [4.69, 9.17) is 9.47 Å². The Hall–Kier alpha value is -3.54. The van der Waals surface area contributed by atoms with Gasteiger partial charge >= 0.3 is 0 Å². The lowest BCUT2D eigenvalue weighted by Gasteiger charge is -2.28. The fourth-order valence-corrected chi connectivity index (χ4v) is 3.26. The lowest BCUT2D eigenvalue weighted by molar-refractivity contribution is -0.142. The number of carbonyl (C=O) groups excluding carboxylic acids is 2. The fourth-order valence-electron chi connectivity index (χ4n) is 3.26. The normalized spacial score (nSPS) is 11.6. The zero-order chi connectivity index (χ0) is 21.5. The standard InChI is InChI=1S/C24H26N2O4/c1-17(24(28)25-2)26(15-18-11-13-20(29-3)14-12-18)23(27)16-30-22-10-6-8-19-7-4-5-9-21(19)22/h4-14,17H,15-16H2,1-3H3,(H,25,28). The number of nitrogens with one attached hydrogen (secondary N) is 1. The Kier molecular flexibility index (Phi) is 6.91. The van der Waals surface area contributed by atoms with Crippen LogP contribution in [0.3, 0.4) is 0 Å². The van der Waals surface area contributed by atoms with Gasteiger partial charge in [-0.1, -0.05) is 48.5 Å². The predicted octanol–water partition coefficient (Wildman–Crippen LogP) is 3.39. The zero-order valence-corrected chi connectivity index (χ0v) is 17.4. The Bertz CT molecular complexity index is 1010. The van der Waals surface area contributed by atoms with Crippen LogP contribution in [0.4, 0.5) is 0 Å². The minimum Gasteiger partial charge on any atom is -0.497 e. The molecule has 30 heavy (non-hydrogen) atoms. The molecule has 0 bridgehead atoms. The summed E-state index contributed by atoms with van der Waals surface area (Å²) in [4.78, 5) is 26.8. The molecule has 6 heteroatoms. The van der Waals surface area contributed by atoms with E-state index in [-0.39, 0.29) is 25.0 Å². The lowest BCUT2D eigenvalue weighted by Crippen LogP contribution is -2.48. The third-order valence-corrected chi connectivity index (χ3v) is 5.03. The predicted molar refractivity (Wildman–Crippen MR) is 117 cm³/mol. The maximum atomic E-state index is 13.0. The number of hydrogen-bond acceptors (Lipinski definition) is 4. The Labute approximate surface area is 176 Å². The van der Waals surface area contributed by atoms with Crippen LogP contribution < -0.4 is 14.8 Å². The lowest BCUT2D eigenvalue weighted by atomic mass is 10.1. The maximum Gasteiger partial charge on any atom is 0.261 e. The molecule has 0 aromatic heterocycles. The molecule has 156 valence electrons. The van der Waals surface area contributed by atoms with Crippen LogP contribution in [0.2, 0.25) is 0 Å². The summed E-state index contributed by atoms with van der Waals surface area (Å²) < 4.78 is 11.0. The van der Waals surface area contributed by atoms with E-state index < -0.39 is 6.04 Å². The second kappa shape index (κ2) is 9.78. The highest BCUT2D eigenvalue weighted by atomic mass is 16.5. The maximum absolute atomic E-state index is 13.0. The summed E-state index contributed by atoms with van der Waals surface area (Å²) in [6.07, 6.45) is 0. The van der Waals surface area contributed by atoms with E-state index in [1.54, 1.807) is 21.1 Å². The Balaban J connectivity index is 1.77. The van der Waals surface area contributed by atoms with Crippen molar-refractivity contribution in [3.63, 3.8) is 0 Å². The number of likely N-dealkylation sites (N-methyl/N-ethyl adjacent to an activating group) is 1. The molecule has 0 spiro atoms. The van der Waals surface area contributed by atoms with Crippen molar-refractivity contribution in [1.29, 1.82) is 0 Å². The Morgan fingerprint density at radius 1 is 1.00 bits per heavy atom. The van der Waals surface area contributed by atoms with Gasteiger partial charge in [-0.25, -0.2) is 0 Å². The quantitative estimate of drug-likeness (QED) is 0.623. The highest BCUT2D eigenvalue weighted by molar-refractivity contribution is 5.90. The third-order valence-electron chi connectivity index (χ3n) is 5.03. The largest absolute Gasteiger partial charge is 0.497 e. The topological polar surface area (TPSA) is 67.9 Å². The van der Waals surface area contributed by atoms with Crippen molar-refractivity contribution in [2.24, 2.45) is 0 Å². The number of methoxy groups -OCH3 is 1. The molecule has 0 aliphatic carbocycles. The molecule has 0 saturated heterocycles. The van der Waals surface area contributed by atoms with E-state index in [9.17, 15) is 9.59 Å². The van der Waals surface area contributed by atoms with E-state index >= 15 is 0 Å². The molecule has 0 saturated carbocycles. The summed E-state index contributed by atoms with van der Waals surface area (Å²) in [7, 11) is 3.16. The molecule has 0 aliphatic heterocycles. The van der Waals surface area contributed by atoms with Gasteiger partial charge in [-0.15, -0.1) is 0 Å². The molecule has 1 N–H and O–H groups in total. The Morgan fingerprint density at radius 3 is 2.40 bits per heavy atom. The number of benzene rings is 3. The van der Waals surface area contributed by atoms with Crippen LogP contribution in [-0.2, 0) is 16.1 Å². The number of amides is 2. The summed E-state index contributed by atoms with van der Waals surface area (Å²) in [5.41, 5.74) is 0.894. The summed E-state index contributed by atoms with van der Waals surface area (Å²) in [6, 6.07) is 20.3. The van der Waals surface area contributed by atoms with Gasteiger partial charge in [0, 0.05) is 19.0 Å². The van der Waals surface area contributed by atoms with Crippen molar-refractivity contribution in [2.45, 2.75) is 19.5 Å². The van der Waals surface area contributed by atoms with Gasteiger partial charge < -0.3 is 19.7 Å². The molecule has 6 nitrogen and oxygen atoms in total. The van der Waals surface area contributed by atoms with Crippen LogP contribution in [0.15, 0.2) is 66.7 Å². The molecular weight excluding hydrogens is 380 g/mol. The van der Waals surface area contributed by atoms with E-state index in [1.165, 1.54) is 4.90 Å². The molecule has 3 aromatic rings. The number of ether oxygens (including phenoxy) is 2. The van der Waals surface area contributed by atoms with Crippen LogP contribution in [0.25, 0.3) is 10.8 Å². The van der Waals surface area contributed by atoms with Crippen LogP contribution >= 0.6 is 0 Å². The highest BCUT2D eigenvalue weighted by Gasteiger charge is 2.26. The number of hydrogen-bond donors (Lipinski definition) is 1. The van der Waals surface area contributed by atoms with Gasteiger partial charge in [0.15, 0.2) is 6.61 Å². The van der Waals surface area contributed by atoms with Crippen molar-refractivity contribution in [3.05, 3.63) is 72.3 Å². The molecule has 1 atom stereocenters. The average molecular weight is 406 g/mol. The van der Waals surface area contributed by atoms with Crippen LogP contribution in [0.1, 0.15) is 12.5 Å². The minimum atomic E-state index is -0.638. The number of nitrogens with zero attached hydrogens (tertiary/aromatic N) is 1. The molecule has 0 radical (unpaired) electrons. The molecular formula is C24H26N2O4. The second-order valence-electron chi connectivity index (χ2n) is 6.93. The van der Waals surface area contributed by atoms with E-state index in [2.05, 4.69) is 5.32 Å². The van der Waals surface area contributed by atoms with Gasteiger partial charge in [0.05, 0.1) is 7.11 Å². The van der Waals surface area contributed by atoms with Gasteiger partial charge in [-0.2, -0.15) is 0 Å². The van der Waals surface area contributed by atoms with Gasteiger partial charge in [-0.3, -0.25) is 9.59 Å². The van der Waals surface area contributed by atoms with Gasteiger partial charge in [0.1, 0.15) is 17.5 Å². The first-order valence-corrected chi connectivity index (χ1v) is 9.78. The molecule has 0 aliphatic rings. The first-order chi connectivity index (χ1) is 14.5. The molecule has 1 unspecified atom stereocenters. The SMILES string of the molecule is CNC(=O)C(C)N(Cc1ccc(OC)cc1)C(=O)COc1cccc2ccccc12. The van der Waals surface area contributed by atoms with Gasteiger partial charge in [-0.05, 0) is 36.1 Å². The zero-order valence-electron chi connectivity index (χ0n) is 17.4. The van der Waals surface area contributed by atoms with E-state index in [0.29, 0.717) is 5.75 Å². The van der Waals surface area contributed by atoms with Gasteiger partial charge in [0.2, 0.25) is 5.91 Å².